The van der Waals surface area contributed by atoms with Gasteiger partial charge >= 0.3 is 6.03 Å². The van der Waals surface area contributed by atoms with E-state index in [0.29, 0.717) is 12.2 Å². The number of hydrogen-bond acceptors (Lipinski definition) is 4. The highest BCUT2D eigenvalue weighted by molar-refractivity contribution is 8.03. The molecule has 0 spiro atoms. The molecule has 0 N–H and O–H groups in total. The van der Waals surface area contributed by atoms with Gasteiger partial charge < -0.3 is 9.64 Å². The second kappa shape index (κ2) is 7.12. The van der Waals surface area contributed by atoms with Crippen LogP contribution in [0.25, 0.3) is 0 Å². The molecule has 5 nitrogen and oxygen atoms in total. The van der Waals surface area contributed by atoms with E-state index in [0.717, 1.165) is 16.9 Å². The van der Waals surface area contributed by atoms with E-state index in [-0.39, 0.29) is 23.2 Å². The SMILES string of the molecule is COc1cccc(CN2C(=O)N(c3cccc(C)c3)C(=O)C3SC=CC32)c1. The van der Waals surface area contributed by atoms with Gasteiger partial charge in [0.1, 0.15) is 11.0 Å². The standard InChI is InChI=1S/C21H20N2O3S/c1-14-5-3-7-16(11-14)23-20(24)19-18(9-10-27-19)22(21(23)25)13-15-6-4-8-17(12-15)26-2/h3-12,18-19H,13H2,1-2H3. The molecule has 2 unspecified atom stereocenters. The number of carbonyl (C=O) groups excluding carboxylic acids is 2. The number of aryl methyl sites for hydroxylation is 1. The van der Waals surface area contributed by atoms with Crippen LogP contribution in [0.3, 0.4) is 0 Å². The van der Waals surface area contributed by atoms with Crippen molar-refractivity contribution < 1.29 is 14.3 Å². The molecular weight excluding hydrogens is 360 g/mol. The molecule has 1 fully saturated rings. The van der Waals surface area contributed by atoms with Gasteiger partial charge in [0.2, 0.25) is 0 Å². The van der Waals surface area contributed by atoms with E-state index in [9.17, 15) is 9.59 Å². The number of imide groups is 1. The summed E-state index contributed by atoms with van der Waals surface area (Å²) in [5, 5.41) is 1.60. The van der Waals surface area contributed by atoms with E-state index in [1.165, 1.54) is 16.7 Å². The Morgan fingerprint density at radius 1 is 1.11 bits per heavy atom. The average molecular weight is 380 g/mol. The summed E-state index contributed by atoms with van der Waals surface area (Å²) in [6, 6.07) is 14.6. The molecule has 0 saturated carbocycles. The molecule has 1 saturated heterocycles. The number of benzene rings is 2. The molecular formula is C21H20N2O3S. The van der Waals surface area contributed by atoms with Crippen LogP contribution < -0.4 is 9.64 Å². The summed E-state index contributed by atoms with van der Waals surface area (Å²) in [4.78, 5) is 29.4. The van der Waals surface area contributed by atoms with Crippen LogP contribution in [0.15, 0.2) is 60.0 Å². The molecule has 2 aromatic carbocycles. The van der Waals surface area contributed by atoms with Gasteiger partial charge in [-0.15, -0.1) is 11.8 Å². The van der Waals surface area contributed by atoms with Crippen molar-refractivity contribution in [3.05, 3.63) is 71.1 Å². The number of ether oxygens (including phenoxy) is 1. The van der Waals surface area contributed by atoms with Crippen LogP contribution >= 0.6 is 11.8 Å². The van der Waals surface area contributed by atoms with Crippen LogP contribution in [0.5, 0.6) is 5.75 Å². The van der Waals surface area contributed by atoms with Crippen molar-refractivity contribution in [1.82, 2.24) is 4.90 Å². The monoisotopic (exact) mass is 380 g/mol. The van der Waals surface area contributed by atoms with Gasteiger partial charge in [0.05, 0.1) is 18.8 Å². The first-order valence-corrected chi connectivity index (χ1v) is 9.69. The van der Waals surface area contributed by atoms with Gasteiger partial charge in [-0.1, -0.05) is 30.3 Å². The Hall–Kier alpha value is -2.73. The van der Waals surface area contributed by atoms with Crippen LogP contribution in [-0.4, -0.2) is 35.2 Å². The molecule has 4 rings (SSSR count). The lowest BCUT2D eigenvalue weighted by atomic mass is 10.1. The maximum absolute atomic E-state index is 13.3. The number of nitrogens with zero attached hydrogens (tertiary/aromatic N) is 2. The molecule has 0 bridgehead atoms. The molecule has 0 aliphatic carbocycles. The molecule has 2 aliphatic rings. The summed E-state index contributed by atoms with van der Waals surface area (Å²) in [6.07, 6.45) is 1.94. The minimum Gasteiger partial charge on any atom is -0.497 e. The lowest BCUT2D eigenvalue weighted by Crippen LogP contribution is -2.61. The number of carbonyl (C=O) groups is 2. The van der Waals surface area contributed by atoms with E-state index in [2.05, 4.69) is 0 Å². The summed E-state index contributed by atoms with van der Waals surface area (Å²) in [5.74, 6) is 0.587. The molecule has 27 heavy (non-hydrogen) atoms. The molecule has 2 aliphatic heterocycles. The van der Waals surface area contributed by atoms with Gasteiger partial charge in [0.15, 0.2) is 0 Å². The number of urea groups is 1. The van der Waals surface area contributed by atoms with E-state index in [1.807, 2.05) is 60.9 Å². The number of hydrogen-bond donors (Lipinski definition) is 0. The normalized spacial score (nSPS) is 21.6. The number of fused-ring (bicyclic) bond motifs is 1. The van der Waals surface area contributed by atoms with Gasteiger partial charge in [-0.05, 0) is 47.7 Å². The zero-order chi connectivity index (χ0) is 19.0. The third-order valence-corrected chi connectivity index (χ3v) is 5.91. The van der Waals surface area contributed by atoms with Crippen LogP contribution in [0.1, 0.15) is 11.1 Å². The first kappa shape index (κ1) is 17.7. The van der Waals surface area contributed by atoms with E-state index in [1.54, 1.807) is 18.1 Å². The van der Waals surface area contributed by atoms with Crippen LogP contribution in [-0.2, 0) is 11.3 Å². The van der Waals surface area contributed by atoms with Crippen LogP contribution in [0.4, 0.5) is 10.5 Å². The van der Waals surface area contributed by atoms with Crippen molar-refractivity contribution in [2.75, 3.05) is 12.0 Å². The molecule has 3 amide bonds. The number of thioether (sulfide) groups is 1. The Bertz CT molecular complexity index is 927. The fraction of sp³-hybridized carbons (Fsp3) is 0.238. The summed E-state index contributed by atoms with van der Waals surface area (Å²) >= 11 is 1.47. The fourth-order valence-corrected chi connectivity index (χ4v) is 4.53. The Labute approximate surface area is 162 Å². The summed E-state index contributed by atoms with van der Waals surface area (Å²) in [5.41, 5.74) is 2.59. The number of rotatable bonds is 4. The largest absolute Gasteiger partial charge is 0.497 e. The Kier molecular flexibility index (Phi) is 4.66. The lowest BCUT2D eigenvalue weighted by Gasteiger charge is -2.41. The van der Waals surface area contributed by atoms with Crippen molar-refractivity contribution in [1.29, 1.82) is 0 Å². The molecule has 138 valence electrons. The first-order valence-electron chi connectivity index (χ1n) is 8.75. The van der Waals surface area contributed by atoms with Gasteiger partial charge in [0, 0.05) is 6.54 Å². The maximum atomic E-state index is 13.3. The van der Waals surface area contributed by atoms with Crippen molar-refractivity contribution in [3.63, 3.8) is 0 Å². The van der Waals surface area contributed by atoms with E-state index in [4.69, 9.17) is 4.74 Å². The van der Waals surface area contributed by atoms with Crippen LogP contribution in [0, 0.1) is 6.92 Å². The molecule has 0 aromatic heterocycles. The Morgan fingerprint density at radius 2 is 1.93 bits per heavy atom. The zero-order valence-electron chi connectivity index (χ0n) is 15.2. The number of amides is 3. The average Bonchev–Trinajstić information content (AvgIpc) is 3.16. The molecule has 2 atom stereocenters. The summed E-state index contributed by atoms with van der Waals surface area (Å²) < 4.78 is 5.29. The zero-order valence-corrected chi connectivity index (χ0v) is 16.0. The Balaban J connectivity index is 1.70. The number of methoxy groups -OCH3 is 1. The summed E-state index contributed by atoms with van der Waals surface area (Å²) in [6.45, 7) is 2.36. The third-order valence-electron chi connectivity index (χ3n) is 4.82. The highest BCUT2D eigenvalue weighted by atomic mass is 32.2. The molecule has 0 radical (unpaired) electrons. The highest BCUT2D eigenvalue weighted by Gasteiger charge is 2.47. The summed E-state index contributed by atoms with van der Waals surface area (Å²) in [7, 11) is 1.62. The minimum absolute atomic E-state index is 0.160. The van der Waals surface area contributed by atoms with Gasteiger partial charge in [0.25, 0.3) is 5.91 Å². The molecule has 6 heteroatoms. The molecule has 2 aromatic rings. The van der Waals surface area contributed by atoms with Crippen molar-refractivity contribution >= 4 is 29.4 Å². The topological polar surface area (TPSA) is 49.9 Å². The second-order valence-corrected chi connectivity index (χ2v) is 7.70. The first-order chi connectivity index (χ1) is 13.1. The minimum atomic E-state index is -0.311. The van der Waals surface area contributed by atoms with Crippen molar-refractivity contribution in [2.45, 2.75) is 24.8 Å². The van der Waals surface area contributed by atoms with E-state index >= 15 is 0 Å². The maximum Gasteiger partial charge on any atom is 0.332 e. The smallest absolute Gasteiger partial charge is 0.332 e. The second-order valence-electron chi connectivity index (χ2n) is 6.65. The quantitative estimate of drug-likeness (QED) is 0.805. The molecule has 2 heterocycles. The van der Waals surface area contributed by atoms with Gasteiger partial charge in [-0.2, -0.15) is 0 Å². The fourth-order valence-electron chi connectivity index (χ4n) is 3.49. The third kappa shape index (κ3) is 3.21. The predicted octanol–water partition coefficient (Wildman–Crippen LogP) is 3.97. The van der Waals surface area contributed by atoms with Gasteiger partial charge in [-0.3, -0.25) is 4.79 Å². The Morgan fingerprint density at radius 3 is 2.70 bits per heavy atom. The van der Waals surface area contributed by atoms with Crippen molar-refractivity contribution in [2.24, 2.45) is 0 Å². The predicted molar refractivity (Wildman–Crippen MR) is 107 cm³/mol. The highest BCUT2D eigenvalue weighted by Crippen LogP contribution is 2.37. The van der Waals surface area contributed by atoms with Crippen molar-refractivity contribution in [3.8, 4) is 5.75 Å². The van der Waals surface area contributed by atoms with Gasteiger partial charge in [-0.25, -0.2) is 9.69 Å². The van der Waals surface area contributed by atoms with E-state index < -0.39 is 0 Å². The lowest BCUT2D eigenvalue weighted by molar-refractivity contribution is -0.119. The number of anilines is 1. The van der Waals surface area contributed by atoms with Crippen LogP contribution in [0.2, 0.25) is 0 Å².